The number of carbonyl (C=O) groups is 1. The van der Waals surface area contributed by atoms with Crippen molar-refractivity contribution in [2.24, 2.45) is 0 Å². The SMILES string of the molecule is [C-]#[N+]C[C@H]1CN(c2nc(OCC3CCN3C3CC3)nc3c2CCN(c2cccc4cccc(C)c24)C3)CCN1C(=O)C(=C)F. The van der Waals surface area contributed by atoms with Gasteiger partial charge in [0, 0.05) is 61.4 Å². The summed E-state index contributed by atoms with van der Waals surface area (Å²) in [6, 6.07) is 13.9. The van der Waals surface area contributed by atoms with Crippen LogP contribution >= 0.6 is 0 Å². The maximum Gasteiger partial charge on any atom is 0.318 e. The van der Waals surface area contributed by atoms with E-state index in [0.29, 0.717) is 44.3 Å². The first-order valence-corrected chi connectivity index (χ1v) is 15.7. The van der Waals surface area contributed by atoms with Crippen LogP contribution in [0.5, 0.6) is 6.01 Å². The largest absolute Gasteiger partial charge is 0.462 e. The molecule has 4 aliphatic rings. The van der Waals surface area contributed by atoms with Crippen LogP contribution in [0.3, 0.4) is 0 Å². The molecule has 3 aromatic rings. The van der Waals surface area contributed by atoms with E-state index in [1.807, 2.05) is 0 Å². The number of rotatable bonds is 8. The van der Waals surface area contributed by atoms with Crippen molar-refractivity contribution in [3.8, 4) is 6.01 Å². The van der Waals surface area contributed by atoms with Crippen LogP contribution in [0.25, 0.3) is 15.6 Å². The van der Waals surface area contributed by atoms with Gasteiger partial charge in [0.05, 0.1) is 12.2 Å². The van der Waals surface area contributed by atoms with E-state index in [-0.39, 0.29) is 13.1 Å². The van der Waals surface area contributed by atoms with Gasteiger partial charge in [-0.15, -0.1) is 0 Å². The maximum atomic E-state index is 13.8. The number of fused-ring (bicyclic) bond motifs is 2. The van der Waals surface area contributed by atoms with Crippen molar-refractivity contribution in [1.82, 2.24) is 19.8 Å². The Bertz CT molecular complexity index is 1650. The van der Waals surface area contributed by atoms with Crippen molar-refractivity contribution in [2.45, 2.75) is 57.3 Å². The molecule has 0 spiro atoms. The van der Waals surface area contributed by atoms with E-state index in [0.717, 1.165) is 43.0 Å². The number of hydrogen-bond donors (Lipinski definition) is 0. The van der Waals surface area contributed by atoms with Crippen LogP contribution in [-0.2, 0) is 17.8 Å². The van der Waals surface area contributed by atoms with E-state index in [9.17, 15) is 9.18 Å². The summed E-state index contributed by atoms with van der Waals surface area (Å²) in [4.78, 5) is 34.6. The van der Waals surface area contributed by atoms with Crippen LogP contribution < -0.4 is 14.5 Å². The molecule has 1 aromatic heterocycles. The van der Waals surface area contributed by atoms with Crippen molar-refractivity contribution in [3.63, 3.8) is 0 Å². The highest BCUT2D eigenvalue weighted by Crippen LogP contribution is 2.37. The topological polar surface area (TPSA) is 69.4 Å². The lowest BCUT2D eigenvalue weighted by Gasteiger charge is -2.41. The van der Waals surface area contributed by atoms with Crippen LogP contribution in [0.15, 0.2) is 48.8 Å². The van der Waals surface area contributed by atoms with Gasteiger partial charge in [0.25, 0.3) is 5.91 Å². The van der Waals surface area contributed by atoms with E-state index in [1.165, 1.54) is 39.8 Å². The number of nitrogens with zero attached hydrogens (tertiary/aromatic N) is 7. The standard InChI is InChI=1S/C34H38FN7O2/c1-22-6-4-7-24-8-5-9-30(31(22)24)39-14-13-28-29(20-39)37-34(44-21-26-12-15-41(26)25-10-11-25)38-32(28)40-16-17-42(33(43)23(2)35)27(19-40)18-36-3/h4-9,25-27H,2,10-21H2,1H3/t26?,27-/m0/s1. The number of aromatic nitrogens is 2. The number of likely N-dealkylation sites (tertiary alicyclic amines) is 1. The van der Waals surface area contributed by atoms with Gasteiger partial charge >= 0.3 is 6.01 Å². The molecule has 44 heavy (non-hydrogen) atoms. The fourth-order valence-corrected chi connectivity index (χ4v) is 7.12. The van der Waals surface area contributed by atoms with Crippen LogP contribution in [0.2, 0.25) is 0 Å². The lowest BCUT2D eigenvalue weighted by atomic mass is 9.99. The molecular formula is C34H38FN7O2. The molecule has 228 valence electrons. The highest BCUT2D eigenvalue weighted by molar-refractivity contribution is 5.97. The molecule has 2 atom stereocenters. The molecule has 7 rings (SSSR count). The zero-order chi connectivity index (χ0) is 30.4. The normalized spacial score (nSPS) is 21.9. The van der Waals surface area contributed by atoms with Crippen LogP contribution in [0.4, 0.5) is 15.9 Å². The molecule has 2 aromatic carbocycles. The number of ether oxygens (including phenoxy) is 1. The summed E-state index contributed by atoms with van der Waals surface area (Å²) in [5.74, 6) is -0.940. The van der Waals surface area contributed by atoms with E-state index in [2.05, 4.69) is 69.4 Å². The molecule has 3 fully saturated rings. The van der Waals surface area contributed by atoms with Crippen LogP contribution in [0, 0.1) is 13.5 Å². The minimum atomic E-state index is -0.997. The summed E-state index contributed by atoms with van der Waals surface area (Å²) in [6.07, 6.45) is 4.42. The van der Waals surface area contributed by atoms with Crippen LogP contribution in [0.1, 0.15) is 36.1 Å². The molecule has 10 heteroatoms. The van der Waals surface area contributed by atoms with E-state index < -0.39 is 17.8 Å². The third-order valence-electron chi connectivity index (χ3n) is 9.64. The number of halogens is 1. The average Bonchev–Trinajstić information content (AvgIpc) is 3.84. The van der Waals surface area contributed by atoms with Crippen molar-refractivity contribution < 1.29 is 13.9 Å². The van der Waals surface area contributed by atoms with Gasteiger partial charge < -0.3 is 24.3 Å². The number of carbonyl (C=O) groups excluding carboxylic acids is 1. The Balaban J connectivity index is 1.20. The minimum absolute atomic E-state index is 0.0824. The molecule has 1 aliphatic carbocycles. The first-order valence-electron chi connectivity index (χ1n) is 15.7. The molecule has 1 amide bonds. The number of benzene rings is 2. The smallest absolute Gasteiger partial charge is 0.318 e. The average molecular weight is 596 g/mol. The van der Waals surface area contributed by atoms with Gasteiger partial charge in [-0.25, -0.2) is 11.0 Å². The van der Waals surface area contributed by atoms with Crippen LogP contribution in [-0.4, -0.2) is 89.7 Å². The Kier molecular flexibility index (Phi) is 7.58. The molecule has 9 nitrogen and oxygen atoms in total. The van der Waals surface area contributed by atoms with Gasteiger partial charge in [-0.3, -0.25) is 9.69 Å². The molecule has 3 aliphatic heterocycles. The Labute approximate surface area is 257 Å². The van der Waals surface area contributed by atoms with E-state index in [1.54, 1.807) is 0 Å². The summed E-state index contributed by atoms with van der Waals surface area (Å²) >= 11 is 0. The first-order chi connectivity index (χ1) is 21.4. The molecule has 4 heterocycles. The fraction of sp³-hybridized carbons (Fsp3) is 0.471. The zero-order valence-corrected chi connectivity index (χ0v) is 25.2. The second kappa shape index (κ2) is 11.7. The molecule has 1 unspecified atom stereocenters. The summed E-state index contributed by atoms with van der Waals surface area (Å²) in [6.45, 7) is 17.2. The molecule has 0 N–H and O–H groups in total. The summed E-state index contributed by atoms with van der Waals surface area (Å²) in [5, 5.41) is 2.47. The van der Waals surface area contributed by atoms with Crippen molar-refractivity contribution in [1.29, 1.82) is 0 Å². The number of amides is 1. The number of aryl methyl sites for hydroxylation is 1. The van der Waals surface area contributed by atoms with Crippen molar-refractivity contribution in [3.05, 3.63) is 77.0 Å². The predicted octanol–water partition coefficient (Wildman–Crippen LogP) is 4.54. The quantitative estimate of drug-likeness (QED) is 0.280. The molecule has 1 saturated carbocycles. The van der Waals surface area contributed by atoms with Gasteiger partial charge in [0.15, 0.2) is 5.83 Å². The summed E-state index contributed by atoms with van der Waals surface area (Å²) < 4.78 is 20.2. The van der Waals surface area contributed by atoms with E-state index >= 15 is 0 Å². The fourth-order valence-electron chi connectivity index (χ4n) is 7.12. The first kappa shape index (κ1) is 28.5. The number of anilines is 2. The highest BCUT2D eigenvalue weighted by atomic mass is 19.1. The number of hydrogen-bond acceptors (Lipinski definition) is 7. The monoisotopic (exact) mass is 595 g/mol. The van der Waals surface area contributed by atoms with Crippen molar-refractivity contribution >= 4 is 28.2 Å². The Morgan fingerprint density at radius 2 is 1.89 bits per heavy atom. The lowest BCUT2D eigenvalue weighted by molar-refractivity contribution is -0.131. The molecule has 0 radical (unpaired) electrons. The Morgan fingerprint density at radius 3 is 2.61 bits per heavy atom. The second-order valence-corrected chi connectivity index (χ2v) is 12.4. The van der Waals surface area contributed by atoms with E-state index in [4.69, 9.17) is 21.3 Å². The third kappa shape index (κ3) is 5.34. The summed E-state index contributed by atoms with van der Waals surface area (Å²) in [5.41, 5.74) is 4.45. The zero-order valence-electron chi connectivity index (χ0n) is 25.2. The molecule has 0 bridgehead atoms. The summed E-state index contributed by atoms with van der Waals surface area (Å²) in [7, 11) is 0. The maximum absolute atomic E-state index is 13.8. The van der Waals surface area contributed by atoms with Crippen molar-refractivity contribution in [2.75, 3.05) is 55.7 Å². The van der Waals surface area contributed by atoms with Gasteiger partial charge in [-0.1, -0.05) is 36.9 Å². The highest BCUT2D eigenvalue weighted by Gasteiger charge is 2.40. The van der Waals surface area contributed by atoms with Gasteiger partial charge in [0.1, 0.15) is 18.5 Å². The van der Waals surface area contributed by atoms with Gasteiger partial charge in [-0.05, 0) is 49.6 Å². The number of piperazine rings is 1. The third-order valence-corrected chi connectivity index (χ3v) is 9.64. The molecular weight excluding hydrogens is 557 g/mol. The Hall–Kier alpha value is -4.23. The Morgan fingerprint density at radius 1 is 1.07 bits per heavy atom. The lowest BCUT2D eigenvalue weighted by Crippen LogP contribution is -2.57. The van der Waals surface area contributed by atoms with Gasteiger partial charge in [0.2, 0.25) is 6.54 Å². The molecule has 2 saturated heterocycles. The second-order valence-electron chi connectivity index (χ2n) is 12.4. The predicted molar refractivity (Wildman–Crippen MR) is 169 cm³/mol. The minimum Gasteiger partial charge on any atom is -0.462 e. The van der Waals surface area contributed by atoms with Gasteiger partial charge in [-0.2, -0.15) is 9.97 Å².